The van der Waals surface area contributed by atoms with Crippen LogP contribution in [0.2, 0.25) is 0 Å². The Morgan fingerprint density at radius 1 is 1.32 bits per heavy atom. The first-order valence-corrected chi connectivity index (χ1v) is 6.63. The van der Waals surface area contributed by atoms with Crippen molar-refractivity contribution in [2.75, 3.05) is 5.73 Å². The summed E-state index contributed by atoms with van der Waals surface area (Å²) >= 11 is 1.33. The van der Waals surface area contributed by atoms with Gasteiger partial charge in [-0.15, -0.1) is 11.3 Å². The molecule has 0 saturated heterocycles. The van der Waals surface area contributed by atoms with Crippen LogP contribution >= 0.6 is 11.3 Å². The van der Waals surface area contributed by atoms with Gasteiger partial charge in [-0.1, -0.05) is 24.3 Å². The van der Waals surface area contributed by atoms with Crippen LogP contribution in [-0.2, 0) is 18.0 Å². The number of aryl methyl sites for hydroxylation is 1. The van der Waals surface area contributed by atoms with E-state index in [0.717, 1.165) is 16.0 Å². The minimum atomic E-state index is -0.365. The van der Waals surface area contributed by atoms with Crippen molar-refractivity contribution in [2.24, 2.45) is 0 Å². The van der Waals surface area contributed by atoms with Crippen LogP contribution in [0.1, 0.15) is 25.7 Å². The minimum Gasteiger partial charge on any atom is -0.457 e. The van der Waals surface area contributed by atoms with Crippen LogP contribution in [0.3, 0.4) is 0 Å². The highest BCUT2D eigenvalue weighted by atomic mass is 32.1. The lowest BCUT2D eigenvalue weighted by atomic mass is 10.1. The van der Waals surface area contributed by atoms with Crippen molar-refractivity contribution in [1.29, 1.82) is 0 Å². The van der Waals surface area contributed by atoms with E-state index in [1.807, 2.05) is 19.1 Å². The van der Waals surface area contributed by atoms with Crippen LogP contribution in [0.5, 0.6) is 0 Å². The molecule has 100 valence electrons. The third kappa shape index (κ3) is 3.33. The molecule has 0 aliphatic rings. The molecule has 0 fully saturated rings. The zero-order valence-electron chi connectivity index (χ0n) is 10.6. The SMILES string of the molecule is Cc1sc(C(=O)OCc2ccc(CO)cc2)cc1N. The number of carbonyl (C=O) groups excluding carboxylic acids is 1. The first kappa shape index (κ1) is 13.6. The molecule has 0 amide bonds. The van der Waals surface area contributed by atoms with Crippen LogP contribution in [0.15, 0.2) is 30.3 Å². The number of esters is 1. The van der Waals surface area contributed by atoms with Crippen LogP contribution in [-0.4, -0.2) is 11.1 Å². The number of thiophene rings is 1. The standard InChI is InChI=1S/C14H15NO3S/c1-9-12(15)6-13(19-9)14(17)18-8-11-4-2-10(7-16)3-5-11/h2-6,16H,7-8,15H2,1H3. The van der Waals surface area contributed by atoms with Gasteiger partial charge in [0.1, 0.15) is 11.5 Å². The second-order valence-electron chi connectivity index (χ2n) is 4.17. The third-order valence-corrected chi connectivity index (χ3v) is 3.78. The maximum absolute atomic E-state index is 11.8. The Balaban J connectivity index is 1.96. The maximum atomic E-state index is 11.8. The molecular formula is C14H15NO3S. The molecule has 3 N–H and O–H groups in total. The van der Waals surface area contributed by atoms with E-state index in [4.69, 9.17) is 15.6 Å². The molecule has 2 rings (SSSR count). The average molecular weight is 277 g/mol. The quantitative estimate of drug-likeness (QED) is 0.842. The van der Waals surface area contributed by atoms with E-state index in [9.17, 15) is 4.79 Å². The van der Waals surface area contributed by atoms with Gasteiger partial charge in [0.25, 0.3) is 0 Å². The van der Waals surface area contributed by atoms with Gasteiger partial charge >= 0.3 is 5.97 Å². The van der Waals surface area contributed by atoms with E-state index in [1.165, 1.54) is 11.3 Å². The van der Waals surface area contributed by atoms with Crippen LogP contribution < -0.4 is 5.73 Å². The maximum Gasteiger partial charge on any atom is 0.348 e. The van der Waals surface area contributed by atoms with Gasteiger partial charge in [0, 0.05) is 10.6 Å². The number of aliphatic hydroxyl groups excluding tert-OH is 1. The number of rotatable bonds is 4. The van der Waals surface area contributed by atoms with Gasteiger partial charge in [0.05, 0.1) is 6.61 Å². The monoisotopic (exact) mass is 277 g/mol. The lowest BCUT2D eigenvalue weighted by Crippen LogP contribution is -2.03. The third-order valence-electron chi connectivity index (χ3n) is 2.73. The van der Waals surface area contributed by atoms with E-state index in [-0.39, 0.29) is 19.2 Å². The molecule has 1 aromatic carbocycles. The molecule has 0 aliphatic carbocycles. The van der Waals surface area contributed by atoms with Crippen LogP contribution in [0, 0.1) is 6.92 Å². The molecule has 0 unspecified atom stereocenters. The van der Waals surface area contributed by atoms with Gasteiger partial charge in [-0.25, -0.2) is 4.79 Å². The molecule has 0 saturated carbocycles. The summed E-state index contributed by atoms with van der Waals surface area (Å²) in [5.74, 6) is -0.365. The van der Waals surface area contributed by atoms with E-state index in [1.54, 1.807) is 18.2 Å². The summed E-state index contributed by atoms with van der Waals surface area (Å²) in [5.41, 5.74) is 8.02. The molecule has 2 aromatic rings. The summed E-state index contributed by atoms with van der Waals surface area (Å²) in [6, 6.07) is 8.89. The first-order chi connectivity index (χ1) is 9.10. The van der Waals surface area contributed by atoms with Crippen molar-refractivity contribution >= 4 is 23.0 Å². The second-order valence-corrected chi connectivity index (χ2v) is 5.43. The zero-order chi connectivity index (χ0) is 13.8. The first-order valence-electron chi connectivity index (χ1n) is 5.82. The number of benzene rings is 1. The fourth-order valence-corrected chi connectivity index (χ4v) is 2.39. The van der Waals surface area contributed by atoms with Crippen molar-refractivity contribution in [3.8, 4) is 0 Å². The second kappa shape index (κ2) is 5.86. The molecule has 0 aliphatic heterocycles. The molecule has 5 heteroatoms. The van der Waals surface area contributed by atoms with Gasteiger partial charge in [0.15, 0.2) is 0 Å². The van der Waals surface area contributed by atoms with E-state index >= 15 is 0 Å². The number of hydrogen-bond donors (Lipinski definition) is 2. The summed E-state index contributed by atoms with van der Waals surface area (Å²) in [5, 5.41) is 8.93. The normalized spacial score (nSPS) is 10.4. The van der Waals surface area contributed by atoms with Crippen LogP contribution in [0.4, 0.5) is 5.69 Å². The van der Waals surface area contributed by atoms with Crippen molar-refractivity contribution < 1.29 is 14.6 Å². The fraction of sp³-hybridized carbons (Fsp3) is 0.214. The largest absolute Gasteiger partial charge is 0.457 e. The molecule has 0 spiro atoms. The fourth-order valence-electron chi connectivity index (χ4n) is 1.56. The minimum absolute atomic E-state index is 0.00775. The van der Waals surface area contributed by atoms with Crippen molar-refractivity contribution in [3.63, 3.8) is 0 Å². The number of nitrogens with two attached hydrogens (primary N) is 1. The summed E-state index contributed by atoms with van der Waals surface area (Å²) < 4.78 is 5.21. The van der Waals surface area contributed by atoms with Gasteiger partial charge in [-0.3, -0.25) is 0 Å². The lowest BCUT2D eigenvalue weighted by molar-refractivity contribution is 0.0478. The topological polar surface area (TPSA) is 72.5 Å². The number of hydrogen-bond acceptors (Lipinski definition) is 5. The Bertz CT molecular complexity index is 555. The summed E-state index contributed by atoms with van der Waals surface area (Å²) in [4.78, 5) is 13.2. The number of carbonyl (C=O) groups is 1. The smallest absolute Gasteiger partial charge is 0.348 e. The molecular weight excluding hydrogens is 262 g/mol. The van der Waals surface area contributed by atoms with E-state index in [0.29, 0.717) is 10.6 Å². The van der Waals surface area contributed by atoms with Gasteiger partial charge in [-0.05, 0) is 24.1 Å². The Morgan fingerprint density at radius 3 is 2.47 bits per heavy atom. The number of aliphatic hydroxyl groups is 1. The number of nitrogen functional groups attached to an aromatic ring is 1. The highest BCUT2D eigenvalue weighted by Gasteiger charge is 2.12. The summed E-state index contributed by atoms with van der Waals surface area (Å²) in [6.07, 6.45) is 0. The summed E-state index contributed by atoms with van der Waals surface area (Å²) in [7, 11) is 0. The van der Waals surface area contributed by atoms with Crippen molar-refractivity contribution in [3.05, 3.63) is 51.2 Å². The van der Waals surface area contributed by atoms with E-state index in [2.05, 4.69) is 0 Å². The Labute approximate surface area is 115 Å². The highest BCUT2D eigenvalue weighted by Crippen LogP contribution is 2.24. The predicted molar refractivity (Wildman–Crippen MR) is 75.0 cm³/mol. The predicted octanol–water partition coefficient (Wildman–Crippen LogP) is 2.49. The Hall–Kier alpha value is -1.85. The molecule has 0 atom stereocenters. The van der Waals surface area contributed by atoms with Gasteiger partial charge in [-0.2, -0.15) is 0 Å². The van der Waals surface area contributed by atoms with Crippen molar-refractivity contribution in [2.45, 2.75) is 20.1 Å². The number of anilines is 1. The van der Waals surface area contributed by atoms with Crippen LogP contribution in [0.25, 0.3) is 0 Å². The summed E-state index contributed by atoms with van der Waals surface area (Å²) in [6.45, 7) is 2.08. The van der Waals surface area contributed by atoms with Gasteiger partial charge < -0.3 is 15.6 Å². The zero-order valence-corrected chi connectivity index (χ0v) is 11.4. The molecule has 19 heavy (non-hydrogen) atoms. The Kier molecular flexibility index (Phi) is 4.19. The van der Waals surface area contributed by atoms with Crippen molar-refractivity contribution in [1.82, 2.24) is 0 Å². The van der Waals surface area contributed by atoms with E-state index < -0.39 is 0 Å². The molecule has 1 heterocycles. The molecule has 1 aromatic heterocycles. The molecule has 0 bridgehead atoms. The van der Waals surface area contributed by atoms with Gasteiger partial charge in [0.2, 0.25) is 0 Å². The molecule has 4 nitrogen and oxygen atoms in total. The molecule has 0 radical (unpaired) electrons. The lowest BCUT2D eigenvalue weighted by Gasteiger charge is -2.04. The number of ether oxygens (including phenoxy) is 1. The highest BCUT2D eigenvalue weighted by molar-refractivity contribution is 7.14. The Morgan fingerprint density at radius 2 is 1.95 bits per heavy atom. The average Bonchev–Trinajstić information content (AvgIpc) is 2.77.